The summed E-state index contributed by atoms with van der Waals surface area (Å²) in [6.45, 7) is 1.22. The molecule has 0 atom stereocenters. The maximum Gasteiger partial charge on any atom is 0.243 e. The quantitative estimate of drug-likeness (QED) is 0.796. The van der Waals surface area contributed by atoms with Gasteiger partial charge in [-0.1, -0.05) is 36.2 Å². The summed E-state index contributed by atoms with van der Waals surface area (Å²) in [5.74, 6) is -1.14. The molecular formula is C16H15Cl2FN2O3S. The predicted octanol–water partition coefficient (Wildman–Crippen LogP) is 3.78. The molecule has 0 radical (unpaired) electrons. The van der Waals surface area contributed by atoms with E-state index in [0.717, 1.165) is 28.6 Å². The minimum atomic E-state index is -3.94. The number of hydrogen-bond acceptors (Lipinski definition) is 3. The number of halogens is 3. The first-order valence-electron chi connectivity index (χ1n) is 7.25. The molecule has 1 N–H and O–H groups in total. The van der Waals surface area contributed by atoms with Gasteiger partial charge in [-0.3, -0.25) is 4.79 Å². The number of sulfonamides is 1. The molecule has 0 aliphatic heterocycles. The molecule has 0 unspecified atom stereocenters. The van der Waals surface area contributed by atoms with E-state index in [-0.39, 0.29) is 27.2 Å². The second kappa shape index (κ2) is 8.14. The summed E-state index contributed by atoms with van der Waals surface area (Å²) in [5.41, 5.74) is 0.214. The summed E-state index contributed by atoms with van der Waals surface area (Å²) in [6.07, 6.45) is 0. The van der Waals surface area contributed by atoms with Crippen molar-refractivity contribution in [3.05, 3.63) is 58.3 Å². The van der Waals surface area contributed by atoms with Crippen LogP contribution in [0.2, 0.25) is 10.0 Å². The molecule has 0 aliphatic carbocycles. The van der Waals surface area contributed by atoms with Crippen molar-refractivity contribution >= 4 is 44.8 Å². The largest absolute Gasteiger partial charge is 0.322 e. The zero-order valence-electron chi connectivity index (χ0n) is 13.2. The molecule has 0 spiro atoms. The van der Waals surface area contributed by atoms with Gasteiger partial charge in [0, 0.05) is 6.54 Å². The summed E-state index contributed by atoms with van der Waals surface area (Å²) >= 11 is 12.0. The van der Waals surface area contributed by atoms with Crippen molar-refractivity contribution in [3.8, 4) is 0 Å². The Labute approximate surface area is 155 Å². The molecular weight excluding hydrogens is 390 g/mol. The van der Waals surface area contributed by atoms with Gasteiger partial charge in [0.05, 0.1) is 27.2 Å². The van der Waals surface area contributed by atoms with Gasteiger partial charge < -0.3 is 5.32 Å². The van der Waals surface area contributed by atoms with Crippen molar-refractivity contribution in [1.29, 1.82) is 0 Å². The monoisotopic (exact) mass is 404 g/mol. The predicted molar refractivity (Wildman–Crippen MR) is 95.9 cm³/mol. The lowest BCUT2D eigenvalue weighted by atomic mass is 10.3. The number of benzene rings is 2. The highest BCUT2D eigenvalue weighted by Gasteiger charge is 2.25. The topological polar surface area (TPSA) is 66.5 Å². The molecule has 0 saturated heterocycles. The van der Waals surface area contributed by atoms with Crippen LogP contribution in [0.15, 0.2) is 47.4 Å². The highest BCUT2D eigenvalue weighted by molar-refractivity contribution is 7.89. The molecule has 0 bridgehead atoms. The summed E-state index contributed by atoms with van der Waals surface area (Å²) in [6, 6.07) is 9.12. The Kier molecular flexibility index (Phi) is 6.40. The normalized spacial score (nSPS) is 11.6. The number of carbonyl (C=O) groups is 1. The van der Waals surface area contributed by atoms with Crippen molar-refractivity contribution in [2.45, 2.75) is 11.8 Å². The second-order valence-electron chi connectivity index (χ2n) is 5.03. The molecule has 5 nitrogen and oxygen atoms in total. The van der Waals surface area contributed by atoms with E-state index in [2.05, 4.69) is 5.32 Å². The van der Waals surface area contributed by atoms with Crippen LogP contribution in [0.3, 0.4) is 0 Å². The van der Waals surface area contributed by atoms with E-state index in [1.165, 1.54) is 0 Å². The second-order valence-corrected chi connectivity index (χ2v) is 7.78. The van der Waals surface area contributed by atoms with Crippen LogP contribution in [-0.4, -0.2) is 31.7 Å². The van der Waals surface area contributed by atoms with Crippen LogP contribution in [0.25, 0.3) is 0 Å². The molecule has 0 aliphatic rings. The lowest BCUT2D eigenvalue weighted by Gasteiger charge is -2.20. The lowest BCUT2D eigenvalue weighted by molar-refractivity contribution is -0.116. The van der Waals surface area contributed by atoms with Crippen LogP contribution >= 0.6 is 23.2 Å². The van der Waals surface area contributed by atoms with E-state index < -0.39 is 28.3 Å². The zero-order chi connectivity index (χ0) is 18.6. The van der Waals surface area contributed by atoms with Crippen molar-refractivity contribution < 1.29 is 17.6 Å². The smallest absolute Gasteiger partial charge is 0.243 e. The molecule has 2 aromatic rings. The van der Waals surface area contributed by atoms with Gasteiger partial charge in [-0.2, -0.15) is 4.31 Å². The van der Waals surface area contributed by atoms with Gasteiger partial charge in [-0.05, 0) is 36.4 Å². The van der Waals surface area contributed by atoms with Crippen LogP contribution < -0.4 is 5.32 Å². The molecule has 2 aromatic carbocycles. The number of para-hydroxylation sites is 1. The molecule has 0 heterocycles. The molecule has 0 fully saturated rings. The summed E-state index contributed by atoms with van der Waals surface area (Å²) in [5, 5.41) is 2.99. The Bertz CT molecular complexity index is 853. The first kappa shape index (κ1) is 19.7. The number of carbonyl (C=O) groups excluding carboxylic acids is 1. The van der Waals surface area contributed by atoms with E-state index in [1.54, 1.807) is 25.1 Å². The Morgan fingerprint density at radius 1 is 1.12 bits per heavy atom. The highest BCUT2D eigenvalue weighted by Crippen LogP contribution is 2.29. The number of amides is 1. The van der Waals surface area contributed by atoms with Crippen LogP contribution in [0.5, 0.6) is 0 Å². The van der Waals surface area contributed by atoms with Crippen molar-refractivity contribution in [3.63, 3.8) is 0 Å². The Hall–Kier alpha value is -1.67. The fourth-order valence-electron chi connectivity index (χ4n) is 2.08. The van der Waals surface area contributed by atoms with Crippen LogP contribution in [-0.2, 0) is 14.8 Å². The van der Waals surface area contributed by atoms with Crippen molar-refractivity contribution in [2.75, 3.05) is 18.4 Å². The molecule has 9 heteroatoms. The van der Waals surface area contributed by atoms with Crippen molar-refractivity contribution in [2.24, 2.45) is 0 Å². The third-order valence-corrected chi connectivity index (χ3v) is 5.92. The van der Waals surface area contributed by atoms with E-state index in [0.29, 0.717) is 0 Å². The fourth-order valence-corrected chi connectivity index (χ4v) is 3.98. The first-order valence-corrected chi connectivity index (χ1v) is 9.45. The van der Waals surface area contributed by atoms with Gasteiger partial charge in [0.15, 0.2) is 0 Å². The zero-order valence-corrected chi connectivity index (χ0v) is 15.5. The van der Waals surface area contributed by atoms with Gasteiger partial charge >= 0.3 is 0 Å². The van der Waals surface area contributed by atoms with Crippen LogP contribution in [0.1, 0.15) is 6.92 Å². The maximum absolute atomic E-state index is 13.0. The Balaban J connectivity index is 2.18. The SMILES string of the molecule is CCN(CC(=O)Nc1c(Cl)cccc1Cl)S(=O)(=O)c1ccc(F)cc1. The van der Waals surface area contributed by atoms with Gasteiger partial charge in [-0.15, -0.1) is 0 Å². The minimum absolute atomic E-state index is 0.0589. The number of likely N-dealkylation sites (N-methyl/N-ethyl adjacent to an activating group) is 1. The standard InChI is InChI=1S/C16H15Cl2FN2O3S/c1-2-21(25(23,24)12-8-6-11(19)7-9-12)10-15(22)20-16-13(17)4-3-5-14(16)18/h3-9H,2,10H2,1H3,(H,20,22). The van der Waals surface area contributed by atoms with E-state index in [4.69, 9.17) is 23.2 Å². The molecule has 2 rings (SSSR count). The fraction of sp³-hybridized carbons (Fsp3) is 0.188. The lowest BCUT2D eigenvalue weighted by Crippen LogP contribution is -2.37. The maximum atomic E-state index is 13.0. The third kappa shape index (κ3) is 4.70. The van der Waals surface area contributed by atoms with Gasteiger partial charge in [0.2, 0.25) is 15.9 Å². The first-order chi connectivity index (χ1) is 11.8. The molecule has 0 aromatic heterocycles. The van der Waals surface area contributed by atoms with Crippen LogP contribution in [0, 0.1) is 5.82 Å². The number of nitrogens with one attached hydrogen (secondary N) is 1. The summed E-state index contributed by atoms with van der Waals surface area (Å²) in [4.78, 5) is 12.1. The van der Waals surface area contributed by atoms with E-state index in [9.17, 15) is 17.6 Å². The average molecular weight is 405 g/mol. The number of rotatable bonds is 6. The average Bonchev–Trinajstić information content (AvgIpc) is 2.56. The summed E-state index contributed by atoms with van der Waals surface area (Å²) < 4.78 is 39.1. The van der Waals surface area contributed by atoms with Crippen molar-refractivity contribution in [1.82, 2.24) is 4.31 Å². The number of anilines is 1. The van der Waals surface area contributed by atoms with Crippen LogP contribution in [0.4, 0.5) is 10.1 Å². The minimum Gasteiger partial charge on any atom is -0.322 e. The van der Waals surface area contributed by atoms with Gasteiger partial charge in [0.25, 0.3) is 0 Å². The molecule has 0 saturated carbocycles. The third-order valence-electron chi connectivity index (χ3n) is 3.35. The summed E-state index contributed by atoms with van der Waals surface area (Å²) in [7, 11) is -3.94. The van der Waals surface area contributed by atoms with Gasteiger partial charge in [0.1, 0.15) is 5.82 Å². The van der Waals surface area contributed by atoms with E-state index in [1.807, 2.05) is 0 Å². The molecule has 1 amide bonds. The Morgan fingerprint density at radius 2 is 1.68 bits per heavy atom. The van der Waals surface area contributed by atoms with E-state index >= 15 is 0 Å². The van der Waals surface area contributed by atoms with Gasteiger partial charge in [-0.25, -0.2) is 12.8 Å². The number of nitrogens with zero attached hydrogens (tertiary/aromatic N) is 1. The Morgan fingerprint density at radius 3 is 2.20 bits per heavy atom. The molecule has 25 heavy (non-hydrogen) atoms. The molecule has 134 valence electrons. The highest BCUT2D eigenvalue weighted by atomic mass is 35.5. The number of hydrogen-bond donors (Lipinski definition) is 1.